The van der Waals surface area contributed by atoms with Crippen LogP contribution in [0.2, 0.25) is 0 Å². The fourth-order valence-corrected chi connectivity index (χ4v) is 3.30. The lowest BCUT2D eigenvalue weighted by atomic mass is 9.79. The first-order valence-corrected chi connectivity index (χ1v) is 6.83. The highest BCUT2D eigenvalue weighted by molar-refractivity contribution is 5.53. The summed E-state index contributed by atoms with van der Waals surface area (Å²) in [5, 5.41) is 3.61. The van der Waals surface area contributed by atoms with Crippen LogP contribution in [0, 0.1) is 11.8 Å². The van der Waals surface area contributed by atoms with Crippen LogP contribution in [0.3, 0.4) is 0 Å². The Morgan fingerprint density at radius 3 is 2.71 bits per heavy atom. The van der Waals surface area contributed by atoms with Crippen LogP contribution in [0.15, 0.2) is 24.3 Å². The van der Waals surface area contributed by atoms with E-state index in [1.807, 2.05) is 0 Å². The van der Waals surface area contributed by atoms with Crippen molar-refractivity contribution in [1.29, 1.82) is 0 Å². The van der Waals surface area contributed by atoms with Crippen LogP contribution in [0.1, 0.15) is 18.4 Å². The maximum absolute atomic E-state index is 3.61. The SMILES string of the molecule is CN1CCC(C2CNc3ccccc3C2)CC1. The molecule has 1 N–H and O–H groups in total. The highest BCUT2D eigenvalue weighted by Crippen LogP contribution is 2.32. The molecule has 0 aromatic heterocycles. The molecule has 2 heterocycles. The van der Waals surface area contributed by atoms with Crippen molar-refractivity contribution >= 4 is 5.69 Å². The summed E-state index contributed by atoms with van der Waals surface area (Å²) in [4.78, 5) is 2.46. The van der Waals surface area contributed by atoms with Crippen LogP contribution in [-0.4, -0.2) is 31.6 Å². The van der Waals surface area contributed by atoms with Crippen LogP contribution in [0.5, 0.6) is 0 Å². The van der Waals surface area contributed by atoms with E-state index in [1.165, 1.54) is 50.1 Å². The van der Waals surface area contributed by atoms with Gasteiger partial charge in [0.05, 0.1) is 0 Å². The van der Waals surface area contributed by atoms with Crippen molar-refractivity contribution in [2.45, 2.75) is 19.3 Å². The first-order valence-electron chi connectivity index (χ1n) is 6.83. The Bertz CT molecular complexity index is 380. The van der Waals surface area contributed by atoms with Gasteiger partial charge in [-0.15, -0.1) is 0 Å². The average molecular weight is 230 g/mol. The van der Waals surface area contributed by atoms with Crippen LogP contribution in [0.25, 0.3) is 0 Å². The Morgan fingerprint density at radius 2 is 1.88 bits per heavy atom. The zero-order valence-electron chi connectivity index (χ0n) is 10.7. The number of para-hydroxylation sites is 1. The summed E-state index contributed by atoms with van der Waals surface area (Å²) >= 11 is 0. The van der Waals surface area contributed by atoms with Gasteiger partial charge in [-0.3, -0.25) is 0 Å². The van der Waals surface area contributed by atoms with Gasteiger partial charge in [0.1, 0.15) is 0 Å². The molecule has 0 bridgehead atoms. The molecule has 2 nitrogen and oxygen atoms in total. The number of nitrogens with zero attached hydrogens (tertiary/aromatic N) is 1. The Morgan fingerprint density at radius 1 is 1.12 bits per heavy atom. The number of fused-ring (bicyclic) bond motifs is 1. The molecular weight excluding hydrogens is 208 g/mol. The summed E-state index contributed by atoms with van der Waals surface area (Å²) in [6, 6.07) is 8.78. The van der Waals surface area contributed by atoms with Gasteiger partial charge in [0, 0.05) is 12.2 Å². The van der Waals surface area contributed by atoms with E-state index in [-0.39, 0.29) is 0 Å². The van der Waals surface area contributed by atoms with E-state index in [0.29, 0.717) is 0 Å². The second kappa shape index (κ2) is 4.69. The van der Waals surface area contributed by atoms with Gasteiger partial charge in [-0.2, -0.15) is 0 Å². The van der Waals surface area contributed by atoms with Crippen molar-refractivity contribution in [1.82, 2.24) is 4.90 Å². The normalized spacial score (nSPS) is 26.3. The molecule has 1 aromatic rings. The maximum atomic E-state index is 3.61. The zero-order chi connectivity index (χ0) is 11.7. The lowest BCUT2D eigenvalue weighted by molar-refractivity contribution is 0.173. The van der Waals surface area contributed by atoms with Crippen LogP contribution in [0.4, 0.5) is 5.69 Å². The Balaban J connectivity index is 1.68. The van der Waals surface area contributed by atoms with E-state index in [1.54, 1.807) is 0 Å². The fourth-order valence-electron chi connectivity index (χ4n) is 3.30. The first-order chi connectivity index (χ1) is 8.33. The summed E-state index contributed by atoms with van der Waals surface area (Å²) < 4.78 is 0. The molecule has 2 aliphatic heterocycles. The van der Waals surface area contributed by atoms with E-state index in [9.17, 15) is 0 Å². The number of hydrogen-bond donors (Lipinski definition) is 1. The summed E-state index contributed by atoms with van der Waals surface area (Å²) in [6.45, 7) is 3.73. The predicted octanol–water partition coefficient (Wildman–Crippen LogP) is 2.61. The van der Waals surface area contributed by atoms with Gasteiger partial charge in [0.2, 0.25) is 0 Å². The summed E-state index contributed by atoms with van der Waals surface area (Å²) in [5.41, 5.74) is 2.87. The van der Waals surface area contributed by atoms with E-state index in [2.05, 4.69) is 41.5 Å². The van der Waals surface area contributed by atoms with Crippen molar-refractivity contribution in [2.75, 3.05) is 32.0 Å². The Kier molecular flexibility index (Phi) is 3.06. The molecule has 1 atom stereocenters. The highest BCUT2D eigenvalue weighted by atomic mass is 15.1. The number of piperidine rings is 1. The largest absolute Gasteiger partial charge is 0.385 e. The van der Waals surface area contributed by atoms with E-state index in [0.717, 1.165) is 11.8 Å². The second-order valence-corrected chi connectivity index (χ2v) is 5.64. The fraction of sp³-hybridized carbons (Fsp3) is 0.600. The van der Waals surface area contributed by atoms with Gasteiger partial charge in [0.15, 0.2) is 0 Å². The van der Waals surface area contributed by atoms with Crippen molar-refractivity contribution in [3.05, 3.63) is 29.8 Å². The first kappa shape index (κ1) is 11.1. The van der Waals surface area contributed by atoms with Gasteiger partial charge in [-0.05, 0) is 62.9 Å². The molecule has 0 spiro atoms. The molecule has 1 unspecified atom stereocenters. The van der Waals surface area contributed by atoms with Gasteiger partial charge in [0.25, 0.3) is 0 Å². The standard InChI is InChI=1S/C15H22N2/c1-17-8-6-12(7-9-17)14-10-13-4-2-3-5-15(13)16-11-14/h2-5,12,14,16H,6-11H2,1H3. The monoisotopic (exact) mass is 230 g/mol. The number of rotatable bonds is 1. The molecule has 3 rings (SSSR count). The number of anilines is 1. The van der Waals surface area contributed by atoms with Crippen LogP contribution in [-0.2, 0) is 6.42 Å². The lowest BCUT2D eigenvalue weighted by Gasteiger charge is -2.37. The Hall–Kier alpha value is -1.02. The third kappa shape index (κ3) is 2.32. The number of likely N-dealkylation sites (tertiary alicyclic amines) is 1. The molecule has 2 aliphatic rings. The van der Waals surface area contributed by atoms with E-state index >= 15 is 0 Å². The molecule has 1 aromatic carbocycles. The van der Waals surface area contributed by atoms with Crippen molar-refractivity contribution in [2.24, 2.45) is 11.8 Å². The molecular formula is C15H22N2. The molecule has 1 saturated heterocycles. The summed E-state index contributed by atoms with van der Waals surface area (Å²) in [6.07, 6.45) is 4.04. The lowest BCUT2D eigenvalue weighted by Crippen LogP contribution is -2.37. The van der Waals surface area contributed by atoms with Gasteiger partial charge in [-0.1, -0.05) is 18.2 Å². The minimum absolute atomic E-state index is 0.846. The van der Waals surface area contributed by atoms with Crippen molar-refractivity contribution in [3.63, 3.8) is 0 Å². The van der Waals surface area contributed by atoms with Crippen LogP contribution >= 0.6 is 0 Å². The topological polar surface area (TPSA) is 15.3 Å². The predicted molar refractivity (Wildman–Crippen MR) is 72.3 cm³/mol. The minimum atomic E-state index is 0.846. The number of nitrogens with one attached hydrogen (secondary N) is 1. The van der Waals surface area contributed by atoms with E-state index in [4.69, 9.17) is 0 Å². The number of benzene rings is 1. The quantitative estimate of drug-likeness (QED) is 0.798. The molecule has 0 radical (unpaired) electrons. The number of hydrogen-bond acceptors (Lipinski definition) is 2. The van der Waals surface area contributed by atoms with Gasteiger partial charge in [-0.25, -0.2) is 0 Å². The zero-order valence-corrected chi connectivity index (χ0v) is 10.7. The van der Waals surface area contributed by atoms with E-state index < -0.39 is 0 Å². The maximum Gasteiger partial charge on any atom is 0.0372 e. The van der Waals surface area contributed by atoms with Crippen molar-refractivity contribution < 1.29 is 0 Å². The summed E-state index contributed by atoms with van der Waals surface area (Å²) in [5.74, 6) is 1.77. The Labute approximate surface area is 104 Å². The molecule has 0 amide bonds. The smallest absolute Gasteiger partial charge is 0.0372 e. The molecule has 0 saturated carbocycles. The molecule has 1 fully saturated rings. The third-order valence-electron chi connectivity index (χ3n) is 4.48. The van der Waals surface area contributed by atoms with Gasteiger partial charge >= 0.3 is 0 Å². The highest BCUT2D eigenvalue weighted by Gasteiger charge is 2.28. The molecule has 17 heavy (non-hydrogen) atoms. The molecule has 92 valence electrons. The molecule has 0 aliphatic carbocycles. The van der Waals surface area contributed by atoms with Crippen LogP contribution < -0.4 is 5.32 Å². The average Bonchev–Trinajstić information content (AvgIpc) is 2.39. The summed E-state index contributed by atoms with van der Waals surface area (Å²) in [7, 11) is 2.24. The van der Waals surface area contributed by atoms with Crippen molar-refractivity contribution in [3.8, 4) is 0 Å². The molecule has 2 heteroatoms. The third-order valence-corrected chi connectivity index (χ3v) is 4.48. The minimum Gasteiger partial charge on any atom is -0.385 e. The van der Waals surface area contributed by atoms with Gasteiger partial charge < -0.3 is 10.2 Å². The second-order valence-electron chi connectivity index (χ2n) is 5.64.